The number of rotatable bonds is 7. The lowest BCUT2D eigenvalue weighted by Crippen LogP contribution is -2.30. The van der Waals surface area contributed by atoms with Gasteiger partial charge in [0.05, 0.1) is 18.9 Å². The van der Waals surface area contributed by atoms with Gasteiger partial charge in [-0.05, 0) is 23.3 Å². The molecule has 1 atom stereocenters. The largest absolute Gasteiger partial charge is 0.504 e. The molecule has 11 heteroatoms. The molecule has 1 aliphatic rings. The fourth-order valence-electron chi connectivity index (χ4n) is 4.30. The second-order valence-corrected chi connectivity index (χ2v) is 8.52. The van der Waals surface area contributed by atoms with E-state index in [0.29, 0.717) is 22.7 Å². The van der Waals surface area contributed by atoms with Gasteiger partial charge in [-0.3, -0.25) is 9.36 Å². The summed E-state index contributed by atoms with van der Waals surface area (Å²) in [6.45, 7) is -0.201. The highest BCUT2D eigenvalue weighted by atomic mass is 19.3. The van der Waals surface area contributed by atoms with Crippen molar-refractivity contribution in [2.45, 2.75) is 30.7 Å². The average Bonchev–Trinajstić information content (AvgIpc) is 3.19. The standard InChI is InChI=1S/C24H22F2N6O3/c1-35-18-8-7-15(9-17(18)33)10-20-29-22(27)30-32(20)19-11-21(34)31(14-28-19)13-23(12-24(23,25)26)16-5-3-2-4-6-16/h2-9,11,14,33H,10,12-13H2,1H3,(H2,27,30). The van der Waals surface area contributed by atoms with Crippen LogP contribution in [-0.4, -0.2) is 42.5 Å². The summed E-state index contributed by atoms with van der Waals surface area (Å²) in [5, 5.41) is 14.2. The van der Waals surface area contributed by atoms with Crippen molar-refractivity contribution in [1.29, 1.82) is 0 Å². The van der Waals surface area contributed by atoms with E-state index in [1.54, 1.807) is 42.5 Å². The van der Waals surface area contributed by atoms with Gasteiger partial charge in [-0.15, -0.1) is 5.10 Å². The summed E-state index contributed by atoms with van der Waals surface area (Å²) in [4.78, 5) is 21.4. The van der Waals surface area contributed by atoms with E-state index in [1.807, 2.05) is 0 Å². The van der Waals surface area contributed by atoms with E-state index in [-0.39, 0.29) is 36.9 Å². The number of nitrogens with zero attached hydrogens (tertiary/aromatic N) is 5. The summed E-state index contributed by atoms with van der Waals surface area (Å²) in [5.41, 5.74) is 5.03. The van der Waals surface area contributed by atoms with Crippen LogP contribution < -0.4 is 16.0 Å². The zero-order chi connectivity index (χ0) is 24.8. The van der Waals surface area contributed by atoms with Gasteiger partial charge in [0.25, 0.3) is 11.5 Å². The molecular formula is C24H22F2N6O3. The number of nitrogen functional groups attached to an aromatic ring is 1. The Morgan fingerprint density at radius 3 is 2.54 bits per heavy atom. The molecule has 0 aliphatic heterocycles. The zero-order valence-electron chi connectivity index (χ0n) is 18.7. The minimum absolute atomic E-state index is 0.0237. The topological polar surface area (TPSA) is 121 Å². The predicted octanol–water partition coefficient (Wildman–Crippen LogP) is 2.69. The van der Waals surface area contributed by atoms with Crippen molar-refractivity contribution in [2.75, 3.05) is 12.8 Å². The summed E-state index contributed by atoms with van der Waals surface area (Å²) in [6.07, 6.45) is 1.13. The third-order valence-corrected chi connectivity index (χ3v) is 6.24. The Bertz CT molecular complexity index is 1450. The Morgan fingerprint density at radius 2 is 1.91 bits per heavy atom. The van der Waals surface area contributed by atoms with Gasteiger partial charge in [-0.2, -0.15) is 9.67 Å². The number of hydrogen-bond donors (Lipinski definition) is 2. The lowest BCUT2D eigenvalue weighted by molar-refractivity contribution is 0.0824. The third-order valence-electron chi connectivity index (χ3n) is 6.24. The minimum atomic E-state index is -2.91. The fraction of sp³-hybridized carbons (Fsp3) is 0.250. The van der Waals surface area contributed by atoms with Crippen LogP contribution in [0, 0.1) is 0 Å². The van der Waals surface area contributed by atoms with Gasteiger partial charge in [0, 0.05) is 25.5 Å². The Balaban J connectivity index is 1.44. The molecule has 180 valence electrons. The maximum atomic E-state index is 14.4. The Hall–Kier alpha value is -4.28. The number of nitrogens with two attached hydrogens (primary N) is 1. The second kappa shape index (κ2) is 8.19. The molecule has 2 aromatic heterocycles. The van der Waals surface area contributed by atoms with Crippen LogP contribution in [0.25, 0.3) is 5.82 Å². The molecule has 5 rings (SSSR count). The first-order chi connectivity index (χ1) is 16.7. The third kappa shape index (κ3) is 3.98. The normalized spacial score (nSPS) is 18.4. The molecule has 0 radical (unpaired) electrons. The van der Waals surface area contributed by atoms with Crippen molar-refractivity contribution in [3.63, 3.8) is 0 Å². The van der Waals surface area contributed by atoms with Crippen LogP contribution in [0.1, 0.15) is 23.4 Å². The van der Waals surface area contributed by atoms with Gasteiger partial charge in [-0.1, -0.05) is 36.4 Å². The molecular weight excluding hydrogens is 458 g/mol. The molecule has 2 heterocycles. The average molecular weight is 480 g/mol. The molecule has 9 nitrogen and oxygen atoms in total. The number of alkyl halides is 2. The Morgan fingerprint density at radius 1 is 1.17 bits per heavy atom. The van der Waals surface area contributed by atoms with Crippen molar-refractivity contribution in [3.05, 3.63) is 88.2 Å². The van der Waals surface area contributed by atoms with Crippen molar-refractivity contribution in [2.24, 2.45) is 0 Å². The first-order valence-electron chi connectivity index (χ1n) is 10.8. The number of ether oxygens (including phenoxy) is 1. The van der Waals surface area contributed by atoms with Gasteiger partial charge < -0.3 is 15.6 Å². The van der Waals surface area contributed by atoms with Crippen molar-refractivity contribution < 1.29 is 18.6 Å². The fourth-order valence-corrected chi connectivity index (χ4v) is 4.30. The first-order valence-corrected chi connectivity index (χ1v) is 10.8. The van der Waals surface area contributed by atoms with E-state index in [9.17, 15) is 18.7 Å². The van der Waals surface area contributed by atoms with Gasteiger partial charge in [0.1, 0.15) is 5.82 Å². The molecule has 3 N–H and O–H groups in total. The molecule has 1 saturated carbocycles. The number of hydrogen-bond acceptors (Lipinski definition) is 7. The summed E-state index contributed by atoms with van der Waals surface area (Å²) in [5.74, 6) is -2.11. The molecule has 1 fully saturated rings. The highest BCUT2D eigenvalue weighted by molar-refractivity contribution is 5.43. The maximum absolute atomic E-state index is 14.4. The molecule has 4 aromatic rings. The smallest absolute Gasteiger partial charge is 0.260 e. The lowest BCUT2D eigenvalue weighted by Gasteiger charge is -2.18. The lowest BCUT2D eigenvalue weighted by atomic mass is 9.95. The molecule has 0 spiro atoms. The summed E-state index contributed by atoms with van der Waals surface area (Å²) in [7, 11) is 1.45. The SMILES string of the molecule is COc1ccc(Cc2nc(N)nn2-c2cc(=O)n(CC3(c4ccccc4)CC3(F)F)cn2)cc1O. The van der Waals surface area contributed by atoms with E-state index in [0.717, 1.165) is 0 Å². The number of phenols is 1. The molecule has 0 bridgehead atoms. The number of aromatic hydroxyl groups is 1. The molecule has 1 aliphatic carbocycles. The monoisotopic (exact) mass is 480 g/mol. The predicted molar refractivity (Wildman–Crippen MR) is 123 cm³/mol. The van der Waals surface area contributed by atoms with Crippen LogP contribution in [0.5, 0.6) is 11.5 Å². The number of phenolic OH excluding ortho intramolecular Hbond substituents is 1. The van der Waals surface area contributed by atoms with E-state index < -0.39 is 16.9 Å². The van der Waals surface area contributed by atoms with Crippen LogP contribution in [-0.2, 0) is 18.4 Å². The number of anilines is 1. The van der Waals surface area contributed by atoms with Crippen molar-refractivity contribution in [3.8, 4) is 17.3 Å². The van der Waals surface area contributed by atoms with Crippen LogP contribution in [0.15, 0.2) is 65.7 Å². The van der Waals surface area contributed by atoms with Crippen LogP contribution in [0.2, 0.25) is 0 Å². The van der Waals surface area contributed by atoms with E-state index in [4.69, 9.17) is 10.5 Å². The van der Waals surface area contributed by atoms with Crippen LogP contribution in [0.4, 0.5) is 14.7 Å². The summed E-state index contributed by atoms with van der Waals surface area (Å²) < 4.78 is 36.4. The maximum Gasteiger partial charge on any atom is 0.260 e. The van der Waals surface area contributed by atoms with Crippen molar-refractivity contribution in [1.82, 2.24) is 24.3 Å². The number of aromatic nitrogens is 5. The Kier molecular flexibility index (Phi) is 5.27. The van der Waals surface area contributed by atoms with Gasteiger partial charge >= 0.3 is 0 Å². The number of methoxy groups -OCH3 is 1. The summed E-state index contributed by atoms with van der Waals surface area (Å²) in [6, 6.07) is 14.6. The van der Waals surface area contributed by atoms with Gasteiger partial charge in [0.15, 0.2) is 17.3 Å². The zero-order valence-corrected chi connectivity index (χ0v) is 18.7. The molecule has 35 heavy (non-hydrogen) atoms. The molecule has 2 aromatic carbocycles. The van der Waals surface area contributed by atoms with Gasteiger partial charge in [0.2, 0.25) is 5.95 Å². The van der Waals surface area contributed by atoms with Crippen molar-refractivity contribution >= 4 is 5.95 Å². The van der Waals surface area contributed by atoms with E-state index >= 15 is 0 Å². The van der Waals surface area contributed by atoms with Gasteiger partial charge in [-0.25, -0.2) is 13.8 Å². The number of halogens is 2. The van der Waals surface area contributed by atoms with E-state index in [1.165, 1.54) is 34.8 Å². The quantitative estimate of drug-likeness (QED) is 0.417. The summed E-state index contributed by atoms with van der Waals surface area (Å²) >= 11 is 0. The number of benzene rings is 2. The first kappa shape index (κ1) is 22.5. The highest BCUT2D eigenvalue weighted by Crippen LogP contribution is 2.62. The molecule has 0 amide bonds. The van der Waals surface area contributed by atoms with Crippen LogP contribution in [0.3, 0.4) is 0 Å². The minimum Gasteiger partial charge on any atom is -0.504 e. The Labute approximate surface area is 198 Å². The molecule has 1 unspecified atom stereocenters. The second-order valence-electron chi connectivity index (χ2n) is 8.52. The van der Waals surface area contributed by atoms with Crippen LogP contribution >= 0.6 is 0 Å². The van der Waals surface area contributed by atoms with E-state index in [2.05, 4.69) is 15.1 Å². The highest BCUT2D eigenvalue weighted by Gasteiger charge is 2.71. The molecule has 0 saturated heterocycles.